The smallest absolute Gasteiger partial charge is 0.264 e. The van der Waals surface area contributed by atoms with Gasteiger partial charge < -0.3 is 38.7 Å². The molecule has 0 aliphatic carbocycles. The first-order chi connectivity index (χ1) is 21.5. The summed E-state index contributed by atoms with van der Waals surface area (Å²) in [4.78, 5) is 45.7. The van der Waals surface area contributed by atoms with Gasteiger partial charge in [-0.3, -0.25) is 14.4 Å². The molecule has 3 amide bonds. The zero-order chi connectivity index (χ0) is 32.1. The Kier molecular flexibility index (Phi) is 8.53. The zero-order valence-electron chi connectivity index (χ0n) is 26.4. The topological polar surface area (TPSA) is 112 Å². The molecule has 0 aromatic heterocycles. The molecule has 4 aliphatic heterocycles. The number of aliphatic hydroxyl groups excluding tert-OH is 1. The molecule has 0 saturated carbocycles. The number of hydrogen-bond acceptors (Lipinski definition) is 7. The average Bonchev–Trinajstić information content (AvgIpc) is 3.68. The van der Waals surface area contributed by atoms with Crippen LogP contribution < -0.4 is 19.9 Å². The summed E-state index contributed by atoms with van der Waals surface area (Å²) in [5.74, 6) is -0.440. The Bertz CT molecular complexity index is 1470. The average molecular weight is 639 g/mol. The summed E-state index contributed by atoms with van der Waals surface area (Å²) in [5, 5.41) is 12.9. The summed E-state index contributed by atoms with van der Waals surface area (Å²) in [7, 11) is -1.90. The second kappa shape index (κ2) is 12.1. The van der Waals surface area contributed by atoms with Gasteiger partial charge in [-0.25, -0.2) is 0 Å². The van der Waals surface area contributed by atoms with Crippen molar-refractivity contribution in [2.45, 2.75) is 69.1 Å². The number of carbonyl (C=O) groups is 3. The van der Waals surface area contributed by atoms with Gasteiger partial charge in [-0.05, 0) is 61.8 Å². The van der Waals surface area contributed by atoms with Crippen LogP contribution in [0, 0.1) is 5.92 Å². The molecule has 4 aliphatic rings. The standard InChI is InChI=1S/C33H43FN4O6Si/c1-21-31(45(3,4)34)28(17-29(40)36-14-5-6-24(36)20-39)44-33(21)26-16-25(43-2)11-12-27(26)38(32(33)42)19-22-7-9-23(10-8-22)37-15-13-35-18-30(37)41/h7-12,16,21,24,28,31,35,39H,5-6,13-15,17-20H2,1-4H3/t21-,24+,28+,31-,33+/m1/s1. The van der Waals surface area contributed by atoms with Crippen LogP contribution in [-0.2, 0) is 31.3 Å². The Morgan fingerprint density at radius 1 is 1.18 bits per heavy atom. The van der Waals surface area contributed by atoms with E-state index in [0.717, 1.165) is 30.6 Å². The zero-order valence-corrected chi connectivity index (χ0v) is 27.4. The molecule has 45 heavy (non-hydrogen) atoms. The molecule has 0 unspecified atom stereocenters. The molecule has 10 nitrogen and oxygen atoms in total. The molecule has 242 valence electrons. The third kappa shape index (κ3) is 5.45. The second-order valence-corrected chi connectivity index (χ2v) is 17.0. The van der Waals surface area contributed by atoms with E-state index >= 15 is 4.11 Å². The fraction of sp³-hybridized carbons (Fsp3) is 0.545. The molecule has 1 spiro atoms. The predicted octanol–water partition coefficient (Wildman–Crippen LogP) is 3.33. The molecule has 3 fully saturated rings. The van der Waals surface area contributed by atoms with Crippen LogP contribution in [0.25, 0.3) is 0 Å². The lowest BCUT2D eigenvalue weighted by Gasteiger charge is -2.31. The van der Waals surface area contributed by atoms with Crippen LogP contribution in [0.2, 0.25) is 18.6 Å². The largest absolute Gasteiger partial charge is 0.497 e. The lowest BCUT2D eigenvalue weighted by Crippen LogP contribution is -2.48. The Morgan fingerprint density at radius 3 is 2.60 bits per heavy atom. The minimum Gasteiger partial charge on any atom is -0.497 e. The number of piperazine rings is 1. The molecular formula is C33H43FN4O6Si. The Morgan fingerprint density at radius 2 is 1.93 bits per heavy atom. The third-order valence-corrected chi connectivity index (χ3v) is 12.6. The minimum atomic E-state index is -3.46. The molecule has 2 aromatic carbocycles. The van der Waals surface area contributed by atoms with Gasteiger partial charge in [0.05, 0.1) is 51.1 Å². The van der Waals surface area contributed by atoms with E-state index in [-0.39, 0.29) is 43.3 Å². The van der Waals surface area contributed by atoms with Gasteiger partial charge in [0.15, 0.2) is 5.60 Å². The van der Waals surface area contributed by atoms with E-state index < -0.39 is 31.6 Å². The number of carbonyl (C=O) groups excluding carboxylic acids is 3. The van der Waals surface area contributed by atoms with E-state index in [1.165, 1.54) is 0 Å². The molecule has 0 radical (unpaired) electrons. The highest BCUT2D eigenvalue weighted by molar-refractivity contribution is 6.72. The summed E-state index contributed by atoms with van der Waals surface area (Å²) >= 11 is 0. The second-order valence-electron chi connectivity index (χ2n) is 13.2. The van der Waals surface area contributed by atoms with Crippen molar-refractivity contribution in [2.24, 2.45) is 5.92 Å². The summed E-state index contributed by atoms with van der Waals surface area (Å²) in [6.07, 6.45) is 0.696. The van der Waals surface area contributed by atoms with E-state index in [1.807, 2.05) is 37.3 Å². The number of aliphatic hydroxyl groups is 1. The number of nitrogens with one attached hydrogen (secondary N) is 1. The fourth-order valence-corrected chi connectivity index (χ4v) is 10.5. The number of anilines is 2. The fourth-order valence-electron chi connectivity index (χ4n) is 8.00. The summed E-state index contributed by atoms with van der Waals surface area (Å²) in [5.41, 5.74) is 0.860. The molecule has 6 rings (SSSR count). The summed E-state index contributed by atoms with van der Waals surface area (Å²) in [6.45, 7) is 7.42. The highest BCUT2D eigenvalue weighted by atomic mass is 28.4. The lowest BCUT2D eigenvalue weighted by atomic mass is 9.82. The maximum atomic E-state index is 16.2. The highest BCUT2D eigenvalue weighted by Gasteiger charge is 2.67. The summed E-state index contributed by atoms with van der Waals surface area (Å²) < 4.78 is 28.5. The van der Waals surface area contributed by atoms with Crippen molar-refractivity contribution in [3.05, 3.63) is 53.6 Å². The quantitative estimate of drug-likeness (QED) is 0.337. The number of benzene rings is 2. The SMILES string of the molecule is COc1ccc2c(c1)[C@]1(O[C@@H](CC(=O)N3CCC[C@H]3CO)[C@H]([Si](C)(C)F)[C@H]1C)C(=O)N2Cc1ccc(N2CCNCC2=O)cc1. The molecule has 0 bridgehead atoms. The maximum absolute atomic E-state index is 16.2. The van der Waals surface area contributed by atoms with Crippen molar-refractivity contribution in [2.75, 3.05) is 49.7 Å². The number of halogens is 1. The van der Waals surface area contributed by atoms with Crippen molar-refractivity contribution >= 4 is 37.5 Å². The van der Waals surface area contributed by atoms with Gasteiger partial charge in [-0.2, -0.15) is 0 Å². The number of hydrogen-bond donors (Lipinski definition) is 2. The minimum absolute atomic E-state index is 0.0134. The van der Waals surface area contributed by atoms with Crippen LogP contribution in [0.5, 0.6) is 5.75 Å². The Hall–Kier alpha value is -3.32. The maximum Gasteiger partial charge on any atom is 0.264 e. The van der Waals surface area contributed by atoms with E-state index in [4.69, 9.17) is 9.47 Å². The van der Waals surface area contributed by atoms with Crippen LogP contribution in [0.4, 0.5) is 15.5 Å². The normalized spacial score (nSPS) is 28.4. The van der Waals surface area contributed by atoms with Crippen LogP contribution in [0.15, 0.2) is 42.5 Å². The lowest BCUT2D eigenvalue weighted by molar-refractivity contribution is -0.150. The molecule has 3 saturated heterocycles. The van der Waals surface area contributed by atoms with E-state index in [1.54, 1.807) is 47.0 Å². The summed E-state index contributed by atoms with van der Waals surface area (Å²) in [6, 6.07) is 12.8. The number of methoxy groups -OCH3 is 1. The van der Waals surface area contributed by atoms with E-state index in [2.05, 4.69) is 5.32 Å². The first kappa shape index (κ1) is 31.7. The molecule has 5 atom stereocenters. The van der Waals surface area contributed by atoms with Crippen molar-refractivity contribution in [1.82, 2.24) is 10.2 Å². The predicted molar refractivity (Wildman–Crippen MR) is 170 cm³/mol. The molecular weight excluding hydrogens is 595 g/mol. The van der Waals surface area contributed by atoms with Crippen molar-refractivity contribution in [1.29, 1.82) is 0 Å². The monoisotopic (exact) mass is 638 g/mol. The molecule has 4 heterocycles. The number of fused-ring (bicyclic) bond motifs is 2. The highest BCUT2D eigenvalue weighted by Crippen LogP contribution is 2.60. The van der Waals surface area contributed by atoms with E-state index in [0.29, 0.717) is 36.6 Å². The number of rotatable bonds is 8. The number of amides is 3. The third-order valence-electron chi connectivity index (χ3n) is 10.1. The van der Waals surface area contributed by atoms with Gasteiger partial charge in [-0.1, -0.05) is 19.1 Å². The Labute approximate surface area is 264 Å². The number of ether oxygens (including phenoxy) is 2. The first-order valence-corrected chi connectivity index (χ1v) is 18.8. The Balaban J connectivity index is 1.33. The van der Waals surface area contributed by atoms with Gasteiger partial charge in [0.25, 0.3) is 5.91 Å². The van der Waals surface area contributed by atoms with Crippen LogP contribution in [0.1, 0.15) is 37.3 Å². The number of likely N-dealkylation sites (tertiary alicyclic amines) is 1. The number of nitrogens with zero attached hydrogens (tertiary/aromatic N) is 3. The van der Waals surface area contributed by atoms with Crippen molar-refractivity contribution in [3.8, 4) is 5.75 Å². The molecule has 2 aromatic rings. The van der Waals surface area contributed by atoms with Crippen LogP contribution >= 0.6 is 0 Å². The van der Waals surface area contributed by atoms with Gasteiger partial charge in [0, 0.05) is 42.3 Å². The van der Waals surface area contributed by atoms with E-state index in [9.17, 15) is 19.5 Å². The van der Waals surface area contributed by atoms with Crippen molar-refractivity contribution in [3.63, 3.8) is 0 Å². The van der Waals surface area contributed by atoms with Crippen LogP contribution in [-0.4, -0.2) is 88.2 Å². The van der Waals surface area contributed by atoms with Crippen molar-refractivity contribution < 1.29 is 33.1 Å². The molecule has 12 heteroatoms. The van der Waals surface area contributed by atoms with Crippen LogP contribution in [0.3, 0.4) is 0 Å². The van der Waals surface area contributed by atoms with Gasteiger partial charge >= 0.3 is 0 Å². The van der Waals surface area contributed by atoms with Gasteiger partial charge in [0.1, 0.15) is 5.75 Å². The van der Waals surface area contributed by atoms with Gasteiger partial charge in [0.2, 0.25) is 20.2 Å². The first-order valence-electron chi connectivity index (χ1n) is 15.9. The van der Waals surface area contributed by atoms with Gasteiger partial charge in [-0.15, -0.1) is 0 Å². The molecule has 2 N–H and O–H groups in total.